The van der Waals surface area contributed by atoms with E-state index >= 15 is 0 Å². The van der Waals surface area contributed by atoms with E-state index in [0.717, 1.165) is 0 Å². The molecule has 0 fully saturated rings. The van der Waals surface area contributed by atoms with Gasteiger partial charge in [-0.1, -0.05) is 0 Å². The van der Waals surface area contributed by atoms with Crippen molar-refractivity contribution in [2.24, 2.45) is 0 Å². The van der Waals surface area contributed by atoms with Crippen molar-refractivity contribution in [2.75, 3.05) is 25.5 Å². The molecule has 8 heteroatoms. The zero-order valence-electron chi connectivity index (χ0n) is 9.47. The molecular formula is C10H14F2N2O3S. The van der Waals surface area contributed by atoms with Crippen molar-refractivity contribution in [3.8, 4) is 0 Å². The van der Waals surface area contributed by atoms with Crippen LogP contribution in [0.5, 0.6) is 0 Å². The molecule has 0 bridgehead atoms. The van der Waals surface area contributed by atoms with E-state index in [1.807, 2.05) is 0 Å². The van der Waals surface area contributed by atoms with Crippen molar-refractivity contribution >= 4 is 15.7 Å². The molecule has 0 saturated carbocycles. The fraction of sp³-hybridized carbons (Fsp3) is 0.400. The van der Waals surface area contributed by atoms with Crippen LogP contribution in [0.25, 0.3) is 0 Å². The summed E-state index contributed by atoms with van der Waals surface area (Å²) in [7, 11) is -3.65. The summed E-state index contributed by atoms with van der Waals surface area (Å²) in [5.74, 6) is 0. The molecule has 0 aliphatic heterocycles. The molecule has 0 amide bonds. The van der Waals surface area contributed by atoms with Crippen molar-refractivity contribution in [2.45, 2.75) is 11.3 Å². The lowest BCUT2D eigenvalue weighted by Gasteiger charge is -2.07. The molecule has 0 heterocycles. The Labute approximate surface area is 104 Å². The molecule has 0 unspecified atom stereocenters. The van der Waals surface area contributed by atoms with Gasteiger partial charge in [0.15, 0.2) is 0 Å². The summed E-state index contributed by atoms with van der Waals surface area (Å²) in [6.45, 7) is -0.887. The Hall–Kier alpha value is -1.25. The lowest BCUT2D eigenvalue weighted by molar-refractivity contribution is 0.0199. The number of benzene rings is 1. The first-order valence-corrected chi connectivity index (χ1v) is 6.61. The van der Waals surface area contributed by atoms with E-state index in [0.29, 0.717) is 5.69 Å². The Morgan fingerprint density at radius 2 is 1.89 bits per heavy atom. The van der Waals surface area contributed by atoms with Crippen molar-refractivity contribution < 1.29 is 21.9 Å². The van der Waals surface area contributed by atoms with Crippen molar-refractivity contribution in [1.29, 1.82) is 0 Å². The zero-order valence-corrected chi connectivity index (χ0v) is 10.3. The number of nitrogen functional groups attached to an aromatic ring is 1. The van der Waals surface area contributed by atoms with E-state index in [-0.39, 0.29) is 18.0 Å². The van der Waals surface area contributed by atoms with Crippen LogP contribution in [0.15, 0.2) is 29.2 Å². The lowest BCUT2D eigenvalue weighted by atomic mass is 10.3. The van der Waals surface area contributed by atoms with Gasteiger partial charge in [-0.15, -0.1) is 0 Å². The second kappa shape index (κ2) is 6.62. The Kier molecular flexibility index (Phi) is 5.45. The maximum absolute atomic E-state index is 11.7. The monoisotopic (exact) mass is 280 g/mol. The van der Waals surface area contributed by atoms with Crippen LogP contribution in [0.2, 0.25) is 0 Å². The maximum Gasteiger partial charge on any atom is 0.261 e. The van der Waals surface area contributed by atoms with Gasteiger partial charge in [0, 0.05) is 12.2 Å². The Balaban J connectivity index is 2.43. The summed E-state index contributed by atoms with van der Waals surface area (Å²) < 4.78 is 53.6. The summed E-state index contributed by atoms with van der Waals surface area (Å²) >= 11 is 0. The normalized spacial score (nSPS) is 11.9. The van der Waals surface area contributed by atoms with Crippen LogP contribution in [0.1, 0.15) is 0 Å². The first-order chi connectivity index (χ1) is 8.42. The second-order valence-corrected chi connectivity index (χ2v) is 5.20. The van der Waals surface area contributed by atoms with E-state index in [1.165, 1.54) is 24.3 Å². The van der Waals surface area contributed by atoms with Crippen molar-refractivity contribution in [3.63, 3.8) is 0 Å². The number of sulfonamides is 1. The predicted octanol–water partition coefficient (Wildman–Crippen LogP) is 0.829. The topological polar surface area (TPSA) is 81.4 Å². The predicted molar refractivity (Wildman–Crippen MR) is 62.9 cm³/mol. The highest BCUT2D eigenvalue weighted by Crippen LogP contribution is 2.10. The van der Waals surface area contributed by atoms with Crippen LogP contribution < -0.4 is 10.5 Å². The molecule has 0 spiro atoms. The Morgan fingerprint density at radius 1 is 1.28 bits per heavy atom. The molecule has 1 aromatic rings. The van der Waals surface area contributed by atoms with Gasteiger partial charge in [-0.3, -0.25) is 0 Å². The average molecular weight is 280 g/mol. The van der Waals surface area contributed by atoms with Gasteiger partial charge in [0.1, 0.15) is 6.61 Å². The molecule has 3 N–H and O–H groups in total. The number of alkyl halides is 2. The highest BCUT2D eigenvalue weighted by molar-refractivity contribution is 7.89. The number of hydrogen-bond acceptors (Lipinski definition) is 4. The first-order valence-electron chi connectivity index (χ1n) is 5.13. The summed E-state index contributed by atoms with van der Waals surface area (Å²) in [6.07, 6.45) is -2.56. The number of nitrogens with one attached hydrogen (secondary N) is 1. The number of ether oxygens (including phenoxy) is 1. The van der Waals surface area contributed by atoms with Gasteiger partial charge in [-0.05, 0) is 24.3 Å². The first kappa shape index (κ1) is 14.8. The van der Waals surface area contributed by atoms with E-state index in [9.17, 15) is 17.2 Å². The fourth-order valence-electron chi connectivity index (χ4n) is 1.15. The minimum absolute atomic E-state index is 0.0607. The molecule has 102 valence electrons. The Morgan fingerprint density at radius 3 is 2.44 bits per heavy atom. The molecule has 0 aliphatic rings. The molecule has 1 aromatic carbocycles. The molecule has 0 aromatic heterocycles. The van der Waals surface area contributed by atoms with Gasteiger partial charge < -0.3 is 10.5 Å². The number of halogens is 2. The van der Waals surface area contributed by atoms with Crippen LogP contribution in [-0.2, 0) is 14.8 Å². The fourth-order valence-corrected chi connectivity index (χ4v) is 2.16. The number of rotatable bonds is 7. The third-order valence-electron chi connectivity index (χ3n) is 1.97. The minimum atomic E-state index is -3.65. The van der Waals surface area contributed by atoms with E-state index in [2.05, 4.69) is 9.46 Å². The number of hydrogen-bond donors (Lipinski definition) is 2. The Bertz CT molecular complexity index is 463. The standard InChI is InChI=1S/C10H14F2N2O3S/c11-10(12)7-17-6-5-14-18(15,16)9-3-1-8(13)2-4-9/h1-4,10,14H,5-7,13H2. The SMILES string of the molecule is Nc1ccc(S(=O)(=O)NCCOCC(F)F)cc1. The molecule has 0 radical (unpaired) electrons. The third kappa shape index (κ3) is 4.94. The zero-order chi connectivity index (χ0) is 13.6. The number of nitrogens with two attached hydrogens (primary N) is 1. The number of anilines is 1. The van der Waals surface area contributed by atoms with Crippen LogP contribution in [0.4, 0.5) is 14.5 Å². The van der Waals surface area contributed by atoms with E-state index in [4.69, 9.17) is 5.73 Å². The van der Waals surface area contributed by atoms with Crippen LogP contribution in [-0.4, -0.2) is 34.6 Å². The van der Waals surface area contributed by atoms with E-state index < -0.39 is 23.1 Å². The van der Waals surface area contributed by atoms with Gasteiger partial charge in [-0.2, -0.15) is 0 Å². The maximum atomic E-state index is 11.7. The van der Waals surface area contributed by atoms with Crippen molar-refractivity contribution in [3.05, 3.63) is 24.3 Å². The largest absolute Gasteiger partial charge is 0.399 e. The van der Waals surface area contributed by atoms with Crippen molar-refractivity contribution in [1.82, 2.24) is 4.72 Å². The average Bonchev–Trinajstić information content (AvgIpc) is 2.28. The van der Waals surface area contributed by atoms with Gasteiger partial charge in [0.2, 0.25) is 10.0 Å². The smallest absolute Gasteiger partial charge is 0.261 e. The summed E-state index contributed by atoms with van der Waals surface area (Å²) in [4.78, 5) is 0.0607. The molecule has 0 atom stereocenters. The molecule has 0 saturated heterocycles. The van der Waals surface area contributed by atoms with E-state index in [1.54, 1.807) is 0 Å². The quantitative estimate of drug-likeness (QED) is 0.572. The van der Waals surface area contributed by atoms with Crippen LogP contribution in [0.3, 0.4) is 0 Å². The highest BCUT2D eigenvalue weighted by Gasteiger charge is 2.12. The van der Waals surface area contributed by atoms with Gasteiger partial charge >= 0.3 is 0 Å². The van der Waals surface area contributed by atoms with Gasteiger partial charge in [0.05, 0.1) is 11.5 Å². The molecule has 5 nitrogen and oxygen atoms in total. The molecular weight excluding hydrogens is 266 g/mol. The minimum Gasteiger partial charge on any atom is -0.399 e. The molecule has 1 rings (SSSR count). The summed E-state index contributed by atoms with van der Waals surface area (Å²) in [5.41, 5.74) is 5.88. The van der Waals surface area contributed by atoms with Crippen LogP contribution >= 0.6 is 0 Å². The third-order valence-corrected chi connectivity index (χ3v) is 3.45. The molecule has 0 aliphatic carbocycles. The summed E-state index contributed by atoms with van der Waals surface area (Å²) in [6, 6.07) is 5.64. The van der Waals surface area contributed by atoms with Gasteiger partial charge in [0.25, 0.3) is 6.43 Å². The molecule has 18 heavy (non-hydrogen) atoms. The second-order valence-electron chi connectivity index (χ2n) is 3.43. The van der Waals surface area contributed by atoms with Gasteiger partial charge in [-0.25, -0.2) is 21.9 Å². The lowest BCUT2D eigenvalue weighted by Crippen LogP contribution is -2.28. The summed E-state index contributed by atoms with van der Waals surface area (Å²) in [5, 5.41) is 0. The van der Waals surface area contributed by atoms with Crippen LogP contribution in [0, 0.1) is 0 Å². The highest BCUT2D eigenvalue weighted by atomic mass is 32.2.